The number of aryl methyl sites for hydroxylation is 1. The highest BCUT2D eigenvalue weighted by molar-refractivity contribution is 7.18. The number of thiazole rings is 1. The van der Waals surface area contributed by atoms with Crippen molar-refractivity contribution >= 4 is 33.5 Å². The summed E-state index contributed by atoms with van der Waals surface area (Å²) in [5.41, 5.74) is 0.703. The topological polar surface area (TPSA) is 123 Å². The molecule has 0 atom stereocenters. The lowest BCUT2D eigenvalue weighted by molar-refractivity contribution is -0.380. The monoisotopic (exact) mass is 406 g/mol. The van der Waals surface area contributed by atoms with Crippen molar-refractivity contribution < 1.29 is 19.2 Å². The van der Waals surface area contributed by atoms with Gasteiger partial charge in [0, 0.05) is 12.1 Å². The van der Waals surface area contributed by atoms with Crippen LogP contribution in [0.3, 0.4) is 0 Å². The molecule has 0 unspecified atom stereocenters. The Labute approximate surface area is 166 Å². The second-order valence-electron chi connectivity index (χ2n) is 6.90. The van der Waals surface area contributed by atoms with Gasteiger partial charge in [0.1, 0.15) is 11.8 Å². The average Bonchev–Trinajstić information content (AvgIpc) is 3.06. The summed E-state index contributed by atoms with van der Waals surface area (Å²) in [6, 6.07) is 7.06. The van der Waals surface area contributed by atoms with Gasteiger partial charge in [-0.1, -0.05) is 18.2 Å². The fraction of sp³-hybridized carbons (Fsp3) is 0.389. The first-order chi connectivity index (χ1) is 13.2. The van der Waals surface area contributed by atoms with Crippen LogP contribution in [0.25, 0.3) is 0 Å². The zero-order valence-electron chi connectivity index (χ0n) is 15.9. The van der Waals surface area contributed by atoms with Crippen molar-refractivity contribution in [2.45, 2.75) is 39.2 Å². The summed E-state index contributed by atoms with van der Waals surface area (Å²) < 4.78 is 5.17. The van der Waals surface area contributed by atoms with E-state index in [2.05, 4.69) is 15.6 Å². The third-order valence-electron chi connectivity index (χ3n) is 3.45. The molecule has 0 spiro atoms. The van der Waals surface area contributed by atoms with E-state index in [4.69, 9.17) is 4.74 Å². The standard InChI is InChI=1S/C18H22N4O5S/c1-18(2,3)27-17(24)19-10-6-8-12-7-4-5-9-13(12)15(23)21-16-20-11-14(28-16)22(25)26/h4-5,7,9,11H,6,8,10H2,1-3H3,(H,19,24)(H,20,21,23). The molecule has 28 heavy (non-hydrogen) atoms. The Bertz CT molecular complexity index is 860. The van der Waals surface area contributed by atoms with Gasteiger partial charge in [-0.15, -0.1) is 0 Å². The molecule has 2 N–H and O–H groups in total. The summed E-state index contributed by atoms with van der Waals surface area (Å²) in [6.07, 6.45) is 1.81. The van der Waals surface area contributed by atoms with Crippen LogP contribution < -0.4 is 10.6 Å². The van der Waals surface area contributed by atoms with Crippen molar-refractivity contribution in [3.8, 4) is 0 Å². The van der Waals surface area contributed by atoms with E-state index in [-0.39, 0.29) is 16.0 Å². The summed E-state index contributed by atoms with van der Waals surface area (Å²) in [5, 5.41) is 16.0. The number of nitrogens with zero attached hydrogens (tertiary/aromatic N) is 2. The maximum Gasteiger partial charge on any atom is 0.407 e. The molecule has 0 saturated heterocycles. The first-order valence-corrected chi connectivity index (χ1v) is 9.43. The molecular weight excluding hydrogens is 384 g/mol. The van der Waals surface area contributed by atoms with Crippen LogP contribution in [0.4, 0.5) is 14.9 Å². The van der Waals surface area contributed by atoms with Gasteiger partial charge in [-0.2, -0.15) is 0 Å². The van der Waals surface area contributed by atoms with E-state index < -0.39 is 16.6 Å². The highest BCUT2D eigenvalue weighted by Gasteiger charge is 2.17. The molecule has 150 valence electrons. The lowest BCUT2D eigenvalue weighted by Gasteiger charge is -2.19. The molecule has 0 saturated carbocycles. The summed E-state index contributed by atoms with van der Waals surface area (Å²) in [5.74, 6) is -0.389. The van der Waals surface area contributed by atoms with Crippen molar-refractivity contribution in [2.24, 2.45) is 0 Å². The molecule has 1 aromatic heterocycles. The summed E-state index contributed by atoms with van der Waals surface area (Å²) >= 11 is 0.795. The van der Waals surface area contributed by atoms with Crippen molar-refractivity contribution in [1.29, 1.82) is 0 Å². The smallest absolute Gasteiger partial charge is 0.407 e. The Balaban J connectivity index is 1.91. The number of anilines is 1. The first-order valence-electron chi connectivity index (χ1n) is 8.62. The van der Waals surface area contributed by atoms with Gasteiger partial charge in [0.2, 0.25) is 0 Å². The van der Waals surface area contributed by atoms with Crippen LogP contribution in [0.5, 0.6) is 0 Å². The second kappa shape index (κ2) is 9.27. The molecule has 0 aliphatic heterocycles. The predicted molar refractivity (Wildman–Crippen MR) is 106 cm³/mol. The predicted octanol–water partition coefficient (Wildman–Crippen LogP) is 3.76. The number of carbonyl (C=O) groups is 2. The normalized spacial score (nSPS) is 11.0. The number of carbonyl (C=O) groups excluding carboxylic acids is 2. The number of hydrogen-bond acceptors (Lipinski definition) is 7. The molecule has 1 aromatic carbocycles. The Morgan fingerprint density at radius 1 is 1.29 bits per heavy atom. The molecule has 0 aliphatic rings. The maximum absolute atomic E-state index is 12.5. The number of amides is 2. The molecule has 10 heteroatoms. The third kappa shape index (κ3) is 6.62. The number of alkyl carbamates (subject to hydrolysis) is 1. The van der Waals surface area contributed by atoms with Crippen LogP contribution in [0, 0.1) is 10.1 Å². The largest absolute Gasteiger partial charge is 0.444 e. The van der Waals surface area contributed by atoms with Crippen molar-refractivity contribution in [2.75, 3.05) is 11.9 Å². The van der Waals surface area contributed by atoms with Crippen LogP contribution in [0.1, 0.15) is 43.1 Å². The number of benzene rings is 1. The quantitative estimate of drug-likeness (QED) is 0.410. The Hall–Kier alpha value is -3.01. The Kier molecular flexibility index (Phi) is 7.05. The highest BCUT2D eigenvalue weighted by atomic mass is 32.1. The number of nitrogens with one attached hydrogen (secondary N) is 2. The molecule has 0 radical (unpaired) electrons. The van der Waals surface area contributed by atoms with Gasteiger partial charge in [-0.25, -0.2) is 9.78 Å². The highest BCUT2D eigenvalue weighted by Crippen LogP contribution is 2.25. The van der Waals surface area contributed by atoms with Crippen molar-refractivity contribution in [3.05, 3.63) is 51.7 Å². The van der Waals surface area contributed by atoms with Crippen LogP contribution in [-0.4, -0.2) is 34.1 Å². The minimum Gasteiger partial charge on any atom is -0.444 e. The number of aromatic nitrogens is 1. The van der Waals surface area contributed by atoms with Gasteiger partial charge in [-0.3, -0.25) is 20.2 Å². The molecule has 0 fully saturated rings. The number of ether oxygens (including phenoxy) is 1. The minimum atomic E-state index is -0.557. The molecular formula is C18H22N4O5S. The van der Waals surface area contributed by atoms with Crippen molar-refractivity contribution in [3.63, 3.8) is 0 Å². The summed E-state index contributed by atoms with van der Waals surface area (Å²) in [6.45, 7) is 5.78. The molecule has 1 heterocycles. The van der Waals surface area contributed by atoms with Crippen molar-refractivity contribution in [1.82, 2.24) is 10.3 Å². The maximum atomic E-state index is 12.5. The van der Waals surface area contributed by atoms with Crippen LogP contribution in [0.2, 0.25) is 0 Å². The number of hydrogen-bond donors (Lipinski definition) is 2. The van der Waals surface area contributed by atoms with Gasteiger partial charge in [0.25, 0.3) is 5.91 Å². The van der Waals surface area contributed by atoms with E-state index in [9.17, 15) is 19.7 Å². The van der Waals surface area contributed by atoms with Crippen LogP contribution >= 0.6 is 11.3 Å². The van der Waals surface area contributed by atoms with Crippen LogP contribution in [-0.2, 0) is 11.2 Å². The van der Waals surface area contributed by atoms with Crippen LogP contribution in [0.15, 0.2) is 30.5 Å². The molecule has 2 rings (SSSR count). The first kappa shape index (κ1) is 21.3. The zero-order chi connectivity index (χ0) is 20.7. The second-order valence-corrected chi connectivity index (χ2v) is 7.91. The fourth-order valence-corrected chi connectivity index (χ4v) is 2.94. The number of rotatable bonds is 7. The lowest BCUT2D eigenvalue weighted by Crippen LogP contribution is -2.33. The number of nitro groups is 1. The van der Waals surface area contributed by atoms with E-state index in [0.717, 1.165) is 23.1 Å². The zero-order valence-corrected chi connectivity index (χ0v) is 16.7. The summed E-state index contributed by atoms with van der Waals surface area (Å²) in [7, 11) is 0. The minimum absolute atomic E-state index is 0.142. The molecule has 0 aliphatic carbocycles. The van der Waals surface area contributed by atoms with Gasteiger partial charge < -0.3 is 10.1 Å². The summed E-state index contributed by atoms with van der Waals surface area (Å²) in [4.78, 5) is 38.2. The average molecular weight is 406 g/mol. The van der Waals surface area contributed by atoms with E-state index in [1.54, 1.807) is 32.9 Å². The lowest BCUT2D eigenvalue weighted by atomic mass is 10.0. The van der Waals surface area contributed by atoms with E-state index in [1.807, 2.05) is 12.1 Å². The SMILES string of the molecule is CC(C)(C)OC(=O)NCCCc1ccccc1C(=O)Nc1ncc([N+](=O)[O-])s1. The van der Waals surface area contributed by atoms with Gasteiger partial charge in [0.05, 0.1) is 4.92 Å². The van der Waals surface area contributed by atoms with E-state index in [1.165, 1.54) is 0 Å². The molecule has 2 amide bonds. The Morgan fingerprint density at radius 3 is 2.64 bits per heavy atom. The molecule has 2 aromatic rings. The van der Waals surface area contributed by atoms with Gasteiger partial charge in [0.15, 0.2) is 5.13 Å². The van der Waals surface area contributed by atoms with Gasteiger partial charge in [-0.05, 0) is 56.6 Å². The van der Waals surface area contributed by atoms with E-state index in [0.29, 0.717) is 24.9 Å². The Morgan fingerprint density at radius 2 is 2.00 bits per heavy atom. The molecule has 0 bridgehead atoms. The van der Waals surface area contributed by atoms with Gasteiger partial charge >= 0.3 is 11.1 Å². The fourth-order valence-electron chi connectivity index (χ4n) is 2.32. The van der Waals surface area contributed by atoms with E-state index >= 15 is 0 Å². The third-order valence-corrected chi connectivity index (χ3v) is 4.31. The molecule has 9 nitrogen and oxygen atoms in total.